The number of alkyl halides is 8. The van der Waals surface area contributed by atoms with Crippen LogP contribution in [0, 0.1) is 5.41 Å². The van der Waals surface area contributed by atoms with E-state index < -0.39 is 82.6 Å². The van der Waals surface area contributed by atoms with Crippen LogP contribution < -0.4 is 10.6 Å². The molecule has 3 aromatic heterocycles. The molecule has 0 bridgehead atoms. The van der Waals surface area contributed by atoms with Crippen LogP contribution in [-0.2, 0) is 10.9 Å². The van der Waals surface area contributed by atoms with Gasteiger partial charge in [0.1, 0.15) is 31.4 Å². The quantitative estimate of drug-likeness (QED) is 0.227. The number of rotatable bonds is 10. The fourth-order valence-electron chi connectivity index (χ4n) is 5.54. The van der Waals surface area contributed by atoms with Gasteiger partial charge in [-0.2, -0.15) is 31.4 Å². The van der Waals surface area contributed by atoms with Crippen LogP contribution in [0.3, 0.4) is 0 Å². The standard InChI is InChI=1S/C24H30B4F8N8O4/c1-19(2,24(34,35)36)5-4-11(39-17(45)15-16(20(29,30)31)42-48-41-15)12-8-43-14(38-12)6-10(7-37-43)13(9-47-3)44-18(46)40-22(25,26)21(32,33)23(44,27)28/h6-8,11,13H,4-5,9,25-28H2,1-3H3,(H,39,45)(H,40,46)/t11-,13+/m0/s1. The molecule has 0 saturated carbocycles. The molecule has 0 aromatic carbocycles. The highest BCUT2D eigenvalue weighted by Gasteiger charge is 2.65. The molecule has 4 rings (SSSR count). The molecule has 1 aliphatic rings. The van der Waals surface area contributed by atoms with Gasteiger partial charge in [0.05, 0.1) is 42.2 Å². The molecule has 48 heavy (non-hydrogen) atoms. The SMILES string of the molecule is BC1(B)NC(=O)N([C@H](COC)c2cnn3cc([C@H](CCC(C)(C)C(F)(F)F)NC(=O)c4nonc4C(F)(F)F)nc3c2)C(B)(B)C1(F)F. The molecule has 1 saturated heterocycles. The Hall–Kier alpha value is -3.84. The van der Waals surface area contributed by atoms with Gasteiger partial charge in [-0.1, -0.05) is 13.8 Å². The Morgan fingerprint density at radius 3 is 2.35 bits per heavy atom. The maximum Gasteiger partial charge on any atom is 0.439 e. The van der Waals surface area contributed by atoms with Gasteiger partial charge in [0.2, 0.25) is 11.4 Å². The Morgan fingerprint density at radius 1 is 1.12 bits per heavy atom. The lowest BCUT2D eigenvalue weighted by Gasteiger charge is -2.57. The lowest BCUT2D eigenvalue weighted by molar-refractivity contribution is -0.214. The van der Waals surface area contributed by atoms with Gasteiger partial charge in [-0.25, -0.2) is 27.7 Å². The number of amides is 3. The summed E-state index contributed by atoms with van der Waals surface area (Å²) in [4.78, 5) is 31.4. The van der Waals surface area contributed by atoms with E-state index in [1.807, 2.05) is 0 Å². The Bertz CT molecular complexity index is 1680. The van der Waals surface area contributed by atoms with Crippen molar-refractivity contribution in [2.45, 2.75) is 67.7 Å². The fourth-order valence-corrected chi connectivity index (χ4v) is 5.54. The molecular formula is C24H30B4F8N8O4. The maximum absolute atomic E-state index is 15.7. The first-order valence-corrected chi connectivity index (χ1v) is 14.5. The molecule has 3 aromatic rings. The number of urea groups is 1. The summed E-state index contributed by atoms with van der Waals surface area (Å²) in [7, 11) is 6.11. The van der Waals surface area contributed by atoms with E-state index in [0.717, 1.165) is 23.3 Å². The first kappa shape index (κ1) is 37.0. The second-order valence-electron chi connectivity index (χ2n) is 13.2. The van der Waals surface area contributed by atoms with Gasteiger partial charge in [0, 0.05) is 23.3 Å². The van der Waals surface area contributed by atoms with Crippen molar-refractivity contribution in [3.63, 3.8) is 0 Å². The van der Waals surface area contributed by atoms with Crippen LogP contribution in [0.2, 0.25) is 0 Å². The van der Waals surface area contributed by atoms with Crippen molar-refractivity contribution >= 4 is 49.0 Å². The van der Waals surface area contributed by atoms with Crippen molar-refractivity contribution < 1.29 is 54.1 Å². The third-order valence-corrected chi connectivity index (χ3v) is 8.63. The Kier molecular flexibility index (Phi) is 9.43. The van der Waals surface area contributed by atoms with Gasteiger partial charge in [-0.3, -0.25) is 4.79 Å². The number of carbonyl (C=O) groups excluding carboxylic acids is 2. The second-order valence-corrected chi connectivity index (χ2v) is 13.2. The lowest BCUT2D eigenvalue weighted by atomic mass is 9.43. The van der Waals surface area contributed by atoms with E-state index in [9.17, 15) is 35.9 Å². The summed E-state index contributed by atoms with van der Waals surface area (Å²) in [5.74, 6) is -4.88. The van der Waals surface area contributed by atoms with E-state index in [1.54, 1.807) is 0 Å². The molecule has 24 heteroatoms. The van der Waals surface area contributed by atoms with Gasteiger partial charge in [0.25, 0.3) is 11.8 Å². The number of carbonyl (C=O) groups is 2. The van der Waals surface area contributed by atoms with E-state index in [4.69, 9.17) is 4.74 Å². The van der Waals surface area contributed by atoms with Crippen LogP contribution in [0.4, 0.5) is 39.9 Å². The molecule has 0 aliphatic carbocycles. The lowest BCUT2D eigenvalue weighted by Crippen LogP contribution is -2.83. The van der Waals surface area contributed by atoms with Crippen LogP contribution in [-0.4, -0.2) is 110 Å². The molecular weight excluding hydrogens is 660 g/mol. The molecule has 0 spiro atoms. The monoisotopic (exact) mass is 690 g/mol. The Balaban J connectivity index is 1.74. The predicted molar refractivity (Wildman–Crippen MR) is 161 cm³/mol. The van der Waals surface area contributed by atoms with Crippen LogP contribution >= 0.6 is 0 Å². The number of ether oxygens (including phenoxy) is 1. The zero-order valence-corrected chi connectivity index (χ0v) is 26.8. The summed E-state index contributed by atoms with van der Waals surface area (Å²) >= 11 is 0. The van der Waals surface area contributed by atoms with Crippen LogP contribution in [0.25, 0.3) is 5.65 Å². The van der Waals surface area contributed by atoms with Crippen molar-refractivity contribution in [2.24, 2.45) is 5.41 Å². The van der Waals surface area contributed by atoms with Crippen molar-refractivity contribution in [1.29, 1.82) is 0 Å². The topological polar surface area (TPSA) is 140 Å². The van der Waals surface area contributed by atoms with Gasteiger partial charge >= 0.3 is 18.4 Å². The molecule has 3 amide bonds. The van der Waals surface area contributed by atoms with Crippen molar-refractivity contribution in [3.05, 3.63) is 41.1 Å². The minimum absolute atomic E-state index is 0.0133. The number of aromatic nitrogens is 5. The van der Waals surface area contributed by atoms with Crippen molar-refractivity contribution in [2.75, 3.05) is 13.7 Å². The highest BCUT2D eigenvalue weighted by atomic mass is 19.4. The molecule has 0 unspecified atom stereocenters. The maximum atomic E-state index is 15.7. The highest BCUT2D eigenvalue weighted by Crippen LogP contribution is 2.44. The van der Waals surface area contributed by atoms with E-state index >= 15 is 8.78 Å². The van der Waals surface area contributed by atoms with E-state index in [2.05, 4.69) is 35.7 Å². The second kappa shape index (κ2) is 12.2. The Morgan fingerprint density at radius 2 is 1.77 bits per heavy atom. The smallest absolute Gasteiger partial charge is 0.382 e. The first-order valence-electron chi connectivity index (χ1n) is 14.5. The van der Waals surface area contributed by atoms with E-state index in [-0.39, 0.29) is 23.5 Å². The molecule has 0 radical (unpaired) electrons. The van der Waals surface area contributed by atoms with Gasteiger partial charge in [-0.15, -0.1) is 0 Å². The number of nitrogens with one attached hydrogen (secondary N) is 2. The number of fused-ring (bicyclic) bond motifs is 1. The third kappa shape index (κ3) is 6.58. The minimum Gasteiger partial charge on any atom is -0.382 e. The molecule has 4 heterocycles. The van der Waals surface area contributed by atoms with Crippen LogP contribution in [0.15, 0.2) is 23.1 Å². The summed E-state index contributed by atoms with van der Waals surface area (Å²) in [6.07, 6.45) is -8.33. The third-order valence-electron chi connectivity index (χ3n) is 8.63. The van der Waals surface area contributed by atoms with Crippen LogP contribution in [0.1, 0.15) is 66.2 Å². The number of methoxy groups -OCH3 is 1. The van der Waals surface area contributed by atoms with Crippen LogP contribution in [0.5, 0.6) is 0 Å². The van der Waals surface area contributed by atoms with Gasteiger partial charge in [0.15, 0.2) is 5.65 Å². The first-order chi connectivity index (χ1) is 21.9. The molecule has 1 fully saturated rings. The summed E-state index contributed by atoms with van der Waals surface area (Å²) < 4.78 is 123. The molecule has 258 valence electrons. The zero-order chi connectivity index (χ0) is 36.3. The number of halogens is 8. The summed E-state index contributed by atoms with van der Waals surface area (Å²) in [5.41, 5.74) is -5.13. The number of imidazole rings is 1. The Labute approximate surface area is 271 Å². The minimum atomic E-state index is -5.12. The highest BCUT2D eigenvalue weighted by molar-refractivity contribution is 6.48. The zero-order valence-electron chi connectivity index (χ0n) is 26.8. The van der Waals surface area contributed by atoms with E-state index in [1.165, 1.54) is 57.0 Å². The average Bonchev–Trinajstić information content (AvgIpc) is 3.60. The van der Waals surface area contributed by atoms with Gasteiger partial charge in [-0.05, 0) is 29.2 Å². The molecule has 12 nitrogen and oxygen atoms in total. The van der Waals surface area contributed by atoms with Crippen molar-refractivity contribution in [1.82, 2.24) is 40.4 Å². The van der Waals surface area contributed by atoms with E-state index in [0.29, 0.717) is 0 Å². The molecule has 1 aliphatic heterocycles. The number of hydrogen-bond acceptors (Lipinski definition) is 8. The number of hydrogen-bond donors (Lipinski definition) is 2. The summed E-state index contributed by atoms with van der Waals surface area (Å²) in [6, 6.07) is -1.96. The normalized spacial score (nSPS) is 19.1. The molecule has 2 atom stereocenters. The predicted octanol–water partition coefficient (Wildman–Crippen LogP) is 0.159. The summed E-state index contributed by atoms with van der Waals surface area (Å²) in [6.45, 7) is 1.59. The number of nitrogens with zero attached hydrogens (tertiary/aromatic N) is 6. The largest absolute Gasteiger partial charge is 0.439 e. The average molecular weight is 690 g/mol. The summed E-state index contributed by atoms with van der Waals surface area (Å²) in [5, 5.41) is 10.6. The fraction of sp³-hybridized carbons (Fsp3) is 0.583. The van der Waals surface area contributed by atoms with Gasteiger partial charge < -0.3 is 20.3 Å². The molecule has 2 N–H and O–H groups in total. The van der Waals surface area contributed by atoms with Crippen molar-refractivity contribution in [3.8, 4) is 0 Å².